The first-order chi connectivity index (χ1) is 8.49. The van der Waals surface area contributed by atoms with Crippen LogP contribution in [0.25, 0.3) is 0 Å². The van der Waals surface area contributed by atoms with E-state index >= 15 is 0 Å². The zero-order valence-electron chi connectivity index (χ0n) is 9.04. The molecule has 0 aliphatic carbocycles. The van der Waals surface area contributed by atoms with E-state index in [0.717, 1.165) is 0 Å². The molecule has 2 aromatic rings. The third kappa shape index (κ3) is 2.69. The average molecular weight is 285 g/mol. The van der Waals surface area contributed by atoms with Gasteiger partial charge in [-0.15, -0.1) is 0 Å². The molecular weight excluding hydrogens is 276 g/mol. The normalized spacial score (nSPS) is 11.2. The molecule has 6 nitrogen and oxygen atoms in total. The van der Waals surface area contributed by atoms with Crippen LogP contribution < -0.4 is 10.5 Å². The molecule has 0 bridgehead atoms. The lowest BCUT2D eigenvalue weighted by Gasteiger charge is -2.07. The van der Waals surface area contributed by atoms with Gasteiger partial charge in [0.05, 0.1) is 4.90 Å². The van der Waals surface area contributed by atoms with E-state index in [1.807, 2.05) is 0 Å². The molecule has 1 aromatic carbocycles. The molecule has 1 heterocycles. The van der Waals surface area contributed by atoms with Gasteiger partial charge in [-0.05, 0) is 24.3 Å². The van der Waals surface area contributed by atoms with Gasteiger partial charge in [0.1, 0.15) is 0 Å². The number of hydrogen-bond acceptors (Lipinski definition) is 5. The van der Waals surface area contributed by atoms with Crippen LogP contribution in [0.4, 0.5) is 11.5 Å². The summed E-state index contributed by atoms with van der Waals surface area (Å²) < 4.78 is 26.2. The van der Waals surface area contributed by atoms with Crippen molar-refractivity contribution in [3.8, 4) is 0 Å². The van der Waals surface area contributed by atoms with Gasteiger partial charge in [-0.2, -0.15) is 0 Å². The van der Waals surface area contributed by atoms with E-state index in [0.29, 0.717) is 5.69 Å². The molecule has 1 aromatic heterocycles. The number of benzene rings is 1. The Morgan fingerprint density at radius 3 is 2.33 bits per heavy atom. The number of anilines is 2. The molecule has 0 saturated carbocycles. The fourth-order valence-corrected chi connectivity index (χ4v) is 2.45. The molecule has 0 unspecified atom stereocenters. The Morgan fingerprint density at radius 2 is 1.72 bits per heavy atom. The summed E-state index contributed by atoms with van der Waals surface area (Å²) in [5, 5.41) is -0.0171. The van der Waals surface area contributed by atoms with E-state index in [2.05, 4.69) is 14.7 Å². The van der Waals surface area contributed by atoms with Crippen molar-refractivity contribution in [1.82, 2.24) is 9.97 Å². The minimum atomic E-state index is -3.75. The average Bonchev–Trinajstić information content (AvgIpc) is 2.32. The predicted octanol–water partition coefficient (Wildman–Crippen LogP) is 1.51. The van der Waals surface area contributed by atoms with Gasteiger partial charge in [-0.25, -0.2) is 18.4 Å². The van der Waals surface area contributed by atoms with Crippen LogP contribution in [0.5, 0.6) is 0 Å². The van der Waals surface area contributed by atoms with Crippen molar-refractivity contribution in [2.24, 2.45) is 0 Å². The third-order valence-corrected chi connectivity index (χ3v) is 3.71. The largest absolute Gasteiger partial charge is 0.399 e. The molecule has 0 amide bonds. The summed E-state index contributed by atoms with van der Waals surface area (Å²) >= 11 is 5.72. The van der Waals surface area contributed by atoms with Crippen molar-refractivity contribution in [3.63, 3.8) is 0 Å². The van der Waals surface area contributed by atoms with Crippen molar-refractivity contribution < 1.29 is 8.42 Å². The molecule has 0 aliphatic heterocycles. The summed E-state index contributed by atoms with van der Waals surface area (Å²) in [6, 6.07) is 5.77. The number of hydrogen-bond donors (Lipinski definition) is 2. The second-order valence-electron chi connectivity index (χ2n) is 3.37. The molecule has 2 rings (SSSR count). The molecular formula is C10H9ClN4O2S. The number of rotatable bonds is 3. The first kappa shape index (κ1) is 12.6. The summed E-state index contributed by atoms with van der Waals surface area (Å²) in [6.07, 6.45) is 2.70. The quantitative estimate of drug-likeness (QED) is 0.833. The van der Waals surface area contributed by atoms with Crippen LogP contribution in [0.3, 0.4) is 0 Å². The highest BCUT2D eigenvalue weighted by atomic mass is 35.5. The van der Waals surface area contributed by atoms with Crippen molar-refractivity contribution >= 4 is 33.1 Å². The highest BCUT2D eigenvalue weighted by molar-refractivity contribution is 7.92. The SMILES string of the molecule is Nc1ccc(S(=O)(=O)Nc2nccnc2Cl)cc1. The molecule has 0 radical (unpaired) electrons. The second kappa shape index (κ2) is 4.79. The number of nitrogen functional groups attached to an aromatic ring is 1. The Balaban J connectivity index is 2.33. The van der Waals surface area contributed by atoms with Crippen LogP contribution in [0.15, 0.2) is 41.6 Å². The lowest BCUT2D eigenvalue weighted by atomic mass is 10.3. The molecule has 94 valence electrons. The summed E-state index contributed by atoms with van der Waals surface area (Å²) in [7, 11) is -3.75. The Morgan fingerprint density at radius 1 is 1.11 bits per heavy atom. The maximum Gasteiger partial charge on any atom is 0.263 e. The van der Waals surface area contributed by atoms with Gasteiger partial charge < -0.3 is 5.73 Å². The Bertz CT molecular complexity index is 658. The van der Waals surface area contributed by atoms with Crippen LogP contribution in [0, 0.1) is 0 Å². The number of nitrogens with zero attached hydrogens (tertiary/aromatic N) is 2. The number of sulfonamides is 1. The van der Waals surface area contributed by atoms with Crippen LogP contribution >= 0.6 is 11.6 Å². The van der Waals surface area contributed by atoms with Crippen LogP contribution in [0.1, 0.15) is 0 Å². The van der Waals surface area contributed by atoms with Gasteiger partial charge >= 0.3 is 0 Å². The van der Waals surface area contributed by atoms with E-state index in [1.165, 1.54) is 36.7 Å². The number of nitrogens with two attached hydrogens (primary N) is 1. The van der Waals surface area contributed by atoms with E-state index in [1.54, 1.807) is 0 Å². The van der Waals surface area contributed by atoms with Crippen LogP contribution in [0.2, 0.25) is 5.15 Å². The highest BCUT2D eigenvalue weighted by Gasteiger charge is 2.16. The fraction of sp³-hybridized carbons (Fsp3) is 0. The highest BCUT2D eigenvalue weighted by Crippen LogP contribution is 2.19. The summed E-state index contributed by atoms with van der Waals surface area (Å²) in [6.45, 7) is 0. The Hall–Kier alpha value is -1.86. The Labute approximate surface area is 109 Å². The number of nitrogens with one attached hydrogen (secondary N) is 1. The molecule has 0 fully saturated rings. The van der Waals surface area contributed by atoms with Gasteiger partial charge in [0.15, 0.2) is 11.0 Å². The van der Waals surface area contributed by atoms with E-state index in [9.17, 15) is 8.42 Å². The summed E-state index contributed by atoms with van der Waals surface area (Å²) in [4.78, 5) is 7.59. The van der Waals surface area contributed by atoms with Crippen molar-refractivity contribution in [3.05, 3.63) is 41.8 Å². The lowest BCUT2D eigenvalue weighted by Crippen LogP contribution is -2.14. The first-order valence-corrected chi connectivity index (χ1v) is 6.70. The summed E-state index contributed by atoms with van der Waals surface area (Å²) in [5.74, 6) is -0.0176. The molecule has 0 spiro atoms. The number of halogens is 1. The third-order valence-electron chi connectivity index (χ3n) is 2.08. The van der Waals surface area contributed by atoms with Crippen molar-refractivity contribution in [2.45, 2.75) is 4.90 Å². The van der Waals surface area contributed by atoms with Gasteiger partial charge in [-0.3, -0.25) is 4.72 Å². The van der Waals surface area contributed by atoms with Gasteiger partial charge in [0.25, 0.3) is 10.0 Å². The minimum absolute atomic E-state index is 0.0171. The van der Waals surface area contributed by atoms with Gasteiger partial charge in [-0.1, -0.05) is 11.6 Å². The standard InChI is InChI=1S/C10H9ClN4O2S/c11-9-10(14-6-5-13-9)15-18(16,17)8-3-1-7(12)2-4-8/h1-6H,12H2,(H,14,15). The van der Waals surface area contributed by atoms with E-state index in [-0.39, 0.29) is 15.9 Å². The lowest BCUT2D eigenvalue weighted by molar-refractivity contribution is 0.601. The molecule has 8 heteroatoms. The van der Waals surface area contributed by atoms with Gasteiger partial charge in [0, 0.05) is 18.1 Å². The monoisotopic (exact) mass is 284 g/mol. The molecule has 0 aliphatic rings. The topological polar surface area (TPSA) is 98.0 Å². The maximum atomic E-state index is 12.0. The molecule has 18 heavy (non-hydrogen) atoms. The zero-order chi connectivity index (χ0) is 13.2. The minimum Gasteiger partial charge on any atom is -0.399 e. The smallest absolute Gasteiger partial charge is 0.263 e. The van der Waals surface area contributed by atoms with Crippen molar-refractivity contribution in [1.29, 1.82) is 0 Å². The molecule has 0 atom stereocenters. The predicted molar refractivity (Wildman–Crippen MR) is 68.7 cm³/mol. The zero-order valence-corrected chi connectivity index (χ0v) is 10.6. The van der Waals surface area contributed by atoms with E-state index in [4.69, 9.17) is 17.3 Å². The Kier molecular flexibility index (Phi) is 3.35. The molecule has 0 saturated heterocycles. The maximum absolute atomic E-state index is 12.0. The molecule has 3 N–H and O–H groups in total. The van der Waals surface area contributed by atoms with Crippen LogP contribution in [-0.4, -0.2) is 18.4 Å². The van der Waals surface area contributed by atoms with E-state index < -0.39 is 10.0 Å². The van der Waals surface area contributed by atoms with Crippen LogP contribution in [-0.2, 0) is 10.0 Å². The second-order valence-corrected chi connectivity index (χ2v) is 5.41. The van der Waals surface area contributed by atoms with Gasteiger partial charge in [0.2, 0.25) is 0 Å². The first-order valence-electron chi connectivity index (χ1n) is 4.84. The summed E-state index contributed by atoms with van der Waals surface area (Å²) in [5.41, 5.74) is 5.97. The fourth-order valence-electron chi connectivity index (χ4n) is 1.22. The van der Waals surface area contributed by atoms with Crippen molar-refractivity contribution in [2.75, 3.05) is 10.5 Å². The number of aromatic nitrogens is 2.